The van der Waals surface area contributed by atoms with Crippen molar-refractivity contribution >= 4 is 21.4 Å². The zero-order valence-corrected chi connectivity index (χ0v) is 12.7. The predicted molar refractivity (Wildman–Crippen MR) is 81.4 cm³/mol. The Balaban J connectivity index is 2.12. The Bertz CT molecular complexity index is 744. The van der Waals surface area contributed by atoms with Gasteiger partial charge in [-0.1, -0.05) is 24.0 Å². The van der Waals surface area contributed by atoms with Crippen LogP contribution in [0.25, 0.3) is 0 Å². The summed E-state index contributed by atoms with van der Waals surface area (Å²) >= 11 is 1.48. The van der Waals surface area contributed by atoms with Crippen LogP contribution in [0.1, 0.15) is 11.3 Å². The summed E-state index contributed by atoms with van der Waals surface area (Å²) in [4.78, 5) is 4.22. The number of nitrogens with one attached hydrogen (secondary N) is 1. The summed E-state index contributed by atoms with van der Waals surface area (Å²) < 4.78 is 27.1. The van der Waals surface area contributed by atoms with Gasteiger partial charge in [-0.05, 0) is 12.1 Å². The molecule has 0 spiro atoms. The first-order chi connectivity index (χ1) is 10.1. The van der Waals surface area contributed by atoms with Crippen LogP contribution >= 0.6 is 11.3 Å². The minimum atomic E-state index is -3.63. The maximum Gasteiger partial charge on any atom is 0.241 e. The van der Waals surface area contributed by atoms with E-state index in [1.165, 1.54) is 17.4 Å². The summed E-state index contributed by atoms with van der Waals surface area (Å²) in [6.45, 7) is -0.0422. The topological polar surface area (TPSA) is 79.3 Å². The monoisotopic (exact) mass is 322 g/mol. The fourth-order valence-corrected chi connectivity index (χ4v) is 3.48. The van der Waals surface area contributed by atoms with E-state index in [-0.39, 0.29) is 18.0 Å². The smallest absolute Gasteiger partial charge is 0.241 e. The highest BCUT2D eigenvalue weighted by molar-refractivity contribution is 7.89. The summed E-state index contributed by atoms with van der Waals surface area (Å²) in [5, 5.41) is 10.6. The molecule has 0 bridgehead atoms. The molecule has 5 nitrogen and oxygen atoms in total. The molecule has 110 valence electrons. The van der Waals surface area contributed by atoms with Crippen molar-refractivity contribution in [3.63, 3.8) is 0 Å². The van der Waals surface area contributed by atoms with Gasteiger partial charge in [-0.25, -0.2) is 18.1 Å². The highest BCUT2D eigenvalue weighted by Crippen LogP contribution is 2.14. The Morgan fingerprint density at radius 3 is 2.86 bits per heavy atom. The number of aliphatic hydroxyl groups excluding tert-OH is 1. The molecular formula is C14H14N2O3S2. The van der Waals surface area contributed by atoms with Gasteiger partial charge in [0.25, 0.3) is 0 Å². The Morgan fingerprint density at radius 2 is 2.14 bits per heavy atom. The van der Waals surface area contributed by atoms with Gasteiger partial charge >= 0.3 is 0 Å². The second-order valence-electron chi connectivity index (χ2n) is 4.08. The van der Waals surface area contributed by atoms with Crippen LogP contribution in [0.4, 0.5) is 0 Å². The highest BCUT2D eigenvalue weighted by Gasteiger charge is 2.16. The molecule has 1 aromatic heterocycles. The van der Waals surface area contributed by atoms with Crippen molar-refractivity contribution in [1.29, 1.82) is 0 Å². The summed E-state index contributed by atoms with van der Waals surface area (Å²) in [6, 6.07) is 6.44. The first-order valence-corrected chi connectivity index (χ1v) is 8.61. The molecule has 2 rings (SSSR count). The molecule has 0 saturated heterocycles. The third kappa shape index (κ3) is 4.37. The maximum absolute atomic E-state index is 12.3. The predicted octanol–water partition coefficient (Wildman–Crippen LogP) is 1.01. The lowest BCUT2D eigenvalue weighted by Crippen LogP contribution is -2.26. The van der Waals surface area contributed by atoms with Crippen LogP contribution in [0.15, 0.2) is 40.1 Å². The number of sulfonamides is 1. The standard InChI is InChI=1S/C14H14N2O3S2/c17-9-3-5-12-4-1-2-6-14(12)21(18,19)16-8-7-13-10-20-11-15-13/h1-2,4,6,10-11,16-17H,7-9H2. The maximum atomic E-state index is 12.3. The summed E-state index contributed by atoms with van der Waals surface area (Å²) in [5.41, 5.74) is 2.94. The summed E-state index contributed by atoms with van der Waals surface area (Å²) in [6.07, 6.45) is 0.535. The van der Waals surface area contributed by atoms with E-state index in [9.17, 15) is 8.42 Å². The lowest BCUT2D eigenvalue weighted by Gasteiger charge is -2.07. The minimum Gasteiger partial charge on any atom is -0.384 e. The van der Waals surface area contributed by atoms with Crippen LogP contribution in [0.2, 0.25) is 0 Å². The van der Waals surface area contributed by atoms with Gasteiger partial charge < -0.3 is 5.11 Å². The highest BCUT2D eigenvalue weighted by atomic mass is 32.2. The van der Waals surface area contributed by atoms with Crippen molar-refractivity contribution in [2.24, 2.45) is 0 Å². The molecule has 7 heteroatoms. The number of hydrogen-bond donors (Lipinski definition) is 2. The van der Waals surface area contributed by atoms with Crippen molar-refractivity contribution in [2.75, 3.05) is 13.2 Å². The Hall–Kier alpha value is -1.72. The molecular weight excluding hydrogens is 308 g/mol. The zero-order chi connectivity index (χ0) is 15.1. The molecule has 2 aromatic rings. The fraction of sp³-hybridized carbons (Fsp3) is 0.214. The van der Waals surface area contributed by atoms with E-state index in [2.05, 4.69) is 21.5 Å². The van der Waals surface area contributed by atoms with E-state index >= 15 is 0 Å². The SMILES string of the molecule is O=S(=O)(NCCc1cscn1)c1ccccc1C#CCO. The summed E-state index contributed by atoms with van der Waals surface area (Å²) in [5.74, 6) is 5.10. The number of thiazole rings is 1. The second kappa shape index (κ2) is 7.33. The van der Waals surface area contributed by atoms with E-state index in [1.54, 1.807) is 23.7 Å². The van der Waals surface area contributed by atoms with Crippen LogP contribution in [-0.2, 0) is 16.4 Å². The first kappa shape index (κ1) is 15.7. The largest absolute Gasteiger partial charge is 0.384 e. The third-order valence-electron chi connectivity index (χ3n) is 2.64. The molecule has 1 aromatic carbocycles. The van der Waals surface area contributed by atoms with Crippen LogP contribution in [-0.4, -0.2) is 31.7 Å². The molecule has 0 aliphatic heterocycles. The van der Waals surface area contributed by atoms with Crippen LogP contribution in [0, 0.1) is 11.8 Å². The number of benzene rings is 1. The molecule has 0 amide bonds. The van der Waals surface area contributed by atoms with Crippen molar-refractivity contribution < 1.29 is 13.5 Å². The molecule has 1 heterocycles. The van der Waals surface area contributed by atoms with Crippen LogP contribution in [0.5, 0.6) is 0 Å². The van der Waals surface area contributed by atoms with Gasteiger partial charge in [0.1, 0.15) is 6.61 Å². The van der Waals surface area contributed by atoms with E-state index in [1.807, 2.05) is 5.38 Å². The average Bonchev–Trinajstić information content (AvgIpc) is 2.98. The first-order valence-electron chi connectivity index (χ1n) is 6.19. The lowest BCUT2D eigenvalue weighted by molar-refractivity contribution is 0.350. The number of aromatic nitrogens is 1. The van der Waals surface area contributed by atoms with E-state index in [4.69, 9.17) is 5.11 Å². The molecule has 2 N–H and O–H groups in total. The van der Waals surface area contributed by atoms with Crippen molar-refractivity contribution in [2.45, 2.75) is 11.3 Å². The Labute approximate surface area is 127 Å². The molecule has 21 heavy (non-hydrogen) atoms. The molecule has 0 aliphatic rings. The van der Waals surface area contributed by atoms with Gasteiger partial charge in [0.15, 0.2) is 0 Å². The van der Waals surface area contributed by atoms with Gasteiger partial charge in [-0.15, -0.1) is 11.3 Å². The zero-order valence-electron chi connectivity index (χ0n) is 11.1. The molecule has 0 saturated carbocycles. The average molecular weight is 322 g/mol. The molecule has 0 fully saturated rings. The van der Waals surface area contributed by atoms with Crippen LogP contribution < -0.4 is 4.72 Å². The lowest BCUT2D eigenvalue weighted by atomic mass is 10.2. The van der Waals surface area contributed by atoms with E-state index in [0.29, 0.717) is 12.0 Å². The molecule has 0 unspecified atom stereocenters. The molecule has 0 radical (unpaired) electrons. The molecule has 0 atom stereocenters. The van der Waals surface area contributed by atoms with Gasteiger partial charge in [-0.2, -0.15) is 0 Å². The normalized spacial score (nSPS) is 10.9. The number of aliphatic hydroxyl groups is 1. The van der Waals surface area contributed by atoms with Crippen molar-refractivity contribution in [3.8, 4) is 11.8 Å². The van der Waals surface area contributed by atoms with Gasteiger partial charge in [0, 0.05) is 23.9 Å². The van der Waals surface area contributed by atoms with Crippen LogP contribution in [0.3, 0.4) is 0 Å². The minimum absolute atomic E-state index is 0.115. The summed E-state index contributed by atoms with van der Waals surface area (Å²) in [7, 11) is -3.63. The van der Waals surface area contributed by atoms with E-state index in [0.717, 1.165) is 5.69 Å². The quantitative estimate of drug-likeness (QED) is 0.805. The number of hydrogen-bond acceptors (Lipinski definition) is 5. The second-order valence-corrected chi connectivity index (χ2v) is 6.54. The van der Waals surface area contributed by atoms with Crippen molar-refractivity contribution in [1.82, 2.24) is 9.71 Å². The number of rotatable bonds is 5. The third-order valence-corrected chi connectivity index (χ3v) is 4.79. The Morgan fingerprint density at radius 1 is 1.33 bits per heavy atom. The van der Waals surface area contributed by atoms with Gasteiger partial charge in [0.2, 0.25) is 10.0 Å². The number of nitrogens with zero attached hydrogens (tertiary/aromatic N) is 1. The van der Waals surface area contributed by atoms with Gasteiger partial charge in [0.05, 0.1) is 16.1 Å². The molecule has 0 aliphatic carbocycles. The Kier molecular flexibility index (Phi) is 5.47. The van der Waals surface area contributed by atoms with Gasteiger partial charge in [-0.3, -0.25) is 0 Å². The fourth-order valence-electron chi connectivity index (χ4n) is 1.69. The van der Waals surface area contributed by atoms with Crippen molar-refractivity contribution in [3.05, 3.63) is 46.4 Å². The van der Waals surface area contributed by atoms with E-state index < -0.39 is 10.0 Å².